The highest BCUT2D eigenvalue weighted by molar-refractivity contribution is 5.75. The largest absolute Gasteiger partial charge is 0.383 e. The number of amides is 2. The maximum Gasteiger partial charge on any atom is 0.318 e. The van der Waals surface area contributed by atoms with Gasteiger partial charge in [-0.05, 0) is 44.2 Å². The van der Waals surface area contributed by atoms with Gasteiger partial charge in [-0.15, -0.1) is 0 Å². The van der Waals surface area contributed by atoms with Crippen LogP contribution in [0.15, 0.2) is 24.3 Å². The number of rotatable bonds is 6. The smallest absolute Gasteiger partial charge is 0.318 e. The van der Waals surface area contributed by atoms with Gasteiger partial charge in [-0.2, -0.15) is 5.10 Å². The Labute approximate surface area is 161 Å². The molecule has 6 nitrogen and oxygen atoms in total. The number of carbonyl (C=O) groups is 1. The van der Waals surface area contributed by atoms with E-state index in [0.717, 1.165) is 36.2 Å². The minimum Gasteiger partial charge on any atom is -0.383 e. The molecule has 0 radical (unpaired) electrons. The van der Waals surface area contributed by atoms with Crippen LogP contribution < -0.4 is 5.32 Å². The first-order chi connectivity index (χ1) is 13.0. The Kier molecular flexibility index (Phi) is 6.16. The number of hydrogen-bond donors (Lipinski definition) is 1. The lowest BCUT2D eigenvalue weighted by atomic mass is 9.88. The van der Waals surface area contributed by atoms with Gasteiger partial charge in [0.05, 0.1) is 24.9 Å². The molecule has 1 unspecified atom stereocenters. The molecule has 1 N–H and O–H groups in total. The Balaban J connectivity index is 1.76. The molecule has 0 spiro atoms. The third-order valence-corrected chi connectivity index (χ3v) is 5.53. The predicted molar refractivity (Wildman–Crippen MR) is 106 cm³/mol. The average molecular weight is 370 g/mol. The molecule has 1 aliphatic rings. The summed E-state index contributed by atoms with van der Waals surface area (Å²) in [7, 11) is 3.60. The maximum absolute atomic E-state index is 13.1. The number of nitrogens with one attached hydrogen (secondary N) is 1. The Hall–Kier alpha value is -2.34. The molecule has 27 heavy (non-hydrogen) atoms. The van der Waals surface area contributed by atoms with E-state index in [-0.39, 0.29) is 12.1 Å². The molecule has 3 rings (SSSR count). The van der Waals surface area contributed by atoms with Crippen LogP contribution in [0, 0.1) is 13.8 Å². The molecule has 2 amide bonds. The summed E-state index contributed by atoms with van der Waals surface area (Å²) in [5.74, 6) is 0. The fraction of sp³-hybridized carbons (Fsp3) is 0.524. The number of carbonyl (C=O) groups excluding carboxylic acids is 1. The van der Waals surface area contributed by atoms with E-state index in [9.17, 15) is 4.79 Å². The number of aromatic nitrogens is 2. The van der Waals surface area contributed by atoms with Gasteiger partial charge in [-0.3, -0.25) is 4.68 Å². The highest BCUT2D eigenvalue weighted by Crippen LogP contribution is 2.29. The third kappa shape index (κ3) is 4.33. The van der Waals surface area contributed by atoms with Gasteiger partial charge in [0.2, 0.25) is 0 Å². The number of fused-ring (bicyclic) bond motifs is 1. The zero-order valence-corrected chi connectivity index (χ0v) is 16.8. The summed E-state index contributed by atoms with van der Waals surface area (Å²) in [6.45, 7) is 5.62. The molecule has 1 heterocycles. The first-order valence-electron chi connectivity index (χ1n) is 9.62. The second-order valence-corrected chi connectivity index (χ2v) is 7.28. The Bertz CT molecular complexity index is 799. The van der Waals surface area contributed by atoms with E-state index in [1.54, 1.807) is 7.11 Å². The standard InChI is InChI=1S/C21H30N4O2/c1-15-19(16(2)24(3)23-15)14-25(12-13-27-4)21(26)22-20-11-7-9-17-8-5-6-10-18(17)20/h5-6,8,10,20H,7,9,11-14H2,1-4H3,(H,22,26). The molecule has 0 saturated carbocycles. The average Bonchev–Trinajstić information content (AvgIpc) is 2.91. The minimum atomic E-state index is -0.0450. The monoisotopic (exact) mass is 370 g/mol. The van der Waals surface area contributed by atoms with Crippen molar-refractivity contribution in [1.29, 1.82) is 0 Å². The fourth-order valence-corrected chi connectivity index (χ4v) is 3.84. The van der Waals surface area contributed by atoms with Crippen LogP contribution in [0.1, 0.15) is 47.0 Å². The highest BCUT2D eigenvalue weighted by atomic mass is 16.5. The summed E-state index contributed by atoms with van der Waals surface area (Å²) in [5, 5.41) is 7.73. The van der Waals surface area contributed by atoms with E-state index in [0.29, 0.717) is 19.7 Å². The summed E-state index contributed by atoms with van der Waals surface area (Å²) >= 11 is 0. The molecular weight excluding hydrogens is 340 g/mol. The maximum atomic E-state index is 13.1. The molecule has 6 heteroatoms. The van der Waals surface area contributed by atoms with E-state index in [4.69, 9.17) is 4.74 Å². The van der Waals surface area contributed by atoms with Crippen molar-refractivity contribution in [2.45, 2.75) is 45.7 Å². The van der Waals surface area contributed by atoms with E-state index in [1.807, 2.05) is 36.5 Å². The van der Waals surface area contributed by atoms with E-state index in [2.05, 4.69) is 28.6 Å². The summed E-state index contributed by atoms with van der Waals surface area (Å²) in [6.07, 6.45) is 3.16. The van der Waals surface area contributed by atoms with Gasteiger partial charge in [0.1, 0.15) is 0 Å². The van der Waals surface area contributed by atoms with Crippen molar-refractivity contribution in [3.05, 3.63) is 52.3 Å². The molecule has 146 valence electrons. The lowest BCUT2D eigenvalue weighted by Crippen LogP contribution is -2.43. The van der Waals surface area contributed by atoms with Crippen LogP contribution in [0.4, 0.5) is 4.79 Å². The topological polar surface area (TPSA) is 59.4 Å². The summed E-state index contributed by atoms with van der Waals surface area (Å²) < 4.78 is 7.10. The van der Waals surface area contributed by atoms with Crippen LogP contribution in [0.25, 0.3) is 0 Å². The molecule has 0 fully saturated rings. The molecule has 1 atom stereocenters. The van der Waals surface area contributed by atoms with Gasteiger partial charge < -0.3 is 15.0 Å². The van der Waals surface area contributed by atoms with Crippen molar-refractivity contribution in [1.82, 2.24) is 20.0 Å². The molecular formula is C21H30N4O2. The second kappa shape index (κ2) is 8.57. The van der Waals surface area contributed by atoms with Crippen LogP contribution in [-0.4, -0.2) is 41.0 Å². The van der Waals surface area contributed by atoms with Crippen LogP contribution in [-0.2, 0) is 24.8 Å². The number of ether oxygens (including phenoxy) is 1. The lowest BCUT2D eigenvalue weighted by molar-refractivity contribution is 0.144. The Morgan fingerprint density at radius 1 is 1.37 bits per heavy atom. The fourth-order valence-electron chi connectivity index (χ4n) is 3.84. The van der Waals surface area contributed by atoms with Gasteiger partial charge in [-0.1, -0.05) is 24.3 Å². The summed E-state index contributed by atoms with van der Waals surface area (Å²) in [5.41, 5.74) is 5.75. The molecule has 0 bridgehead atoms. The quantitative estimate of drug-likeness (QED) is 0.849. The SMILES string of the molecule is COCCN(Cc1c(C)nn(C)c1C)C(=O)NC1CCCc2ccccc21. The first-order valence-corrected chi connectivity index (χ1v) is 9.62. The van der Waals surface area contributed by atoms with Crippen LogP contribution in [0.2, 0.25) is 0 Å². The van der Waals surface area contributed by atoms with Crippen molar-refractivity contribution in [3.8, 4) is 0 Å². The van der Waals surface area contributed by atoms with Crippen molar-refractivity contribution in [2.24, 2.45) is 7.05 Å². The van der Waals surface area contributed by atoms with Crippen LogP contribution in [0.5, 0.6) is 0 Å². The summed E-state index contributed by atoms with van der Waals surface area (Å²) in [6, 6.07) is 8.45. The van der Waals surface area contributed by atoms with E-state index < -0.39 is 0 Å². The van der Waals surface area contributed by atoms with Crippen molar-refractivity contribution in [2.75, 3.05) is 20.3 Å². The van der Waals surface area contributed by atoms with Crippen LogP contribution >= 0.6 is 0 Å². The first kappa shape index (κ1) is 19.4. The summed E-state index contributed by atoms with van der Waals surface area (Å²) in [4.78, 5) is 14.9. The number of benzene rings is 1. The second-order valence-electron chi connectivity index (χ2n) is 7.28. The number of urea groups is 1. The van der Waals surface area contributed by atoms with Gasteiger partial charge in [-0.25, -0.2) is 4.79 Å². The predicted octanol–water partition coefficient (Wildman–Crippen LogP) is 3.27. The van der Waals surface area contributed by atoms with E-state index >= 15 is 0 Å². The zero-order valence-electron chi connectivity index (χ0n) is 16.8. The third-order valence-electron chi connectivity index (χ3n) is 5.53. The van der Waals surface area contributed by atoms with Crippen molar-refractivity contribution >= 4 is 6.03 Å². The molecule has 1 aromatic carbocycles. The Morgan fingerprint density at radius 2 is 2.15 bits per heavy atom. The Morgan fingerprint density at radius 3 is 2.85 bits per heavy atom. The van der Waals surface area contributed by atoms with Gasteiger partial charge in [0.25, 0.3) is 0 Å². The number of hydrogen-bond acceptors (Lipinski definition) is 3. The molecule has 1 aliphatic carbocycles. The number of methoxy groups -OCH3 is 1. The van der Waals surface area contributed by atoms with E-state index in [1.165, 1.54) is 11.1 Å². The lowest BCUT2D eigenvalue weighted by Gasteiger charge is -2.30. The van der Waals surface area contributed by atoms with Gasteiger partial charge >= 0.3 is 6.03 Å². The van der Waals surface area contributed by atoms with Crippen molar-refractivity contribution in [3.63, 3.8) is 0 Å². The minimum absolute atomic E-state index is 0.0450. The number of nitrogens with zero attached hydrogens (tertiary/aromatic N) is 3. The molecule has 0 saturated heterocycles. The zero-order chi connectivity index (χ0) is 19.4. The normalized spacial score (nSPS) is 16.1. The highest BCUT2D eigenvalue weighted by Gasteiger charge is 2.25. The van der Waals surface area contributed by atoms with Gasteiger partial charge in [0.15, 0.2) is 0 Å². The molecule has 2 aromatic rings. The number of aryl methyl sites for hydroxylation is 3. The van der Waals surface area contributed by atoms with Crippen LogP contribution in [0.3, 0.4) is 0 Å². The van der Waals surface area contributed by atoms with Crippen molar-refractivity contribution < 1.29 is 9.53 Å². The molecule has 1 aromatic heterocycles. The van der Waals surface area contributed by atoms with Gasteiger partial charge in [0, 0.05) is 32.0 Å². The molecule has 0 aliphatic heterocycles.